The highest BCUT2D eigenvalue weighted by Gasteiger charge is 2.01. The smallest absolute Gasteiger partial charge is 0.267 e. The molecule has 74 valence electrons. The Morgan fingerprint density at radius 2 is 2.29 bits per heavy atom. The Hall–Kier alpha value is -1.71. The quantitative estimate of drug-likeness (QED) is 0.580. The summed E-state index contributed by atoms with van der Waals surface area (Å²) in [6.07, 6.45) is 6.74. The first kappa shape index (κ1) is 10.4. The normalized spacial score (nSPS) is 10.4. The number of carbonyl (C=O) groups is 1. The zero-order chi connectivity index (χ0) is 10.2. The van der Waals surface area contributed by atoms with E-state index in [1.165, 1.54) is 0 Å². The zero-order valence-electron chi connectivity index (χ0n) is 8.10. The molecular formula is C10H13N3O. The first-order chi connectivity index (χ1) is 6.84. The molecule has 1 rings (SSSR count). The SMILES string of the molecule is CCCC=NNC(=O)c1ccncc1. The minimum atomic E-state index is -0.209. The van der Waals surface area contributed by atoms with Crippen LogP contribution < -0.4 is 5.43 Å². The summed E-state index contributed by atoms with van der Waals surface area (Å²) in [6.45, 7) is 2.05. The molecule has 0 saturated carbocycles. The summed E-state index contributed by atoms with van der Waals surface area (Å²) in [5, 5.41) is 3.79. The monoisotopic (exact) mass is 191 g/mol. The standard InChI is InChI=1S/C10H13N3O/c1-2-3-6-12-13-10(14)9-4-7-11-8-5-9/h4-8H,2-3H2,1H3,(H,13,14). The Balaban J connectivity index is 2.44. The van der Waals surface area contributed by atoms with Gasteiger partial charge in [0.15, 0.2) is 0 Å². The van der Waals surface area contributed by atoms with E-state index >= 15 is 0 Å². The molecule has 0 aromatic carbocycles. The third-order valence-electron chi connectivity index (χ3n) is 1.62. The van der Waals surface area contributed by atoms with Crippen molar-refractivity contribution in [2.45, 2.75) is 19.8 Å². The van der Waals surface area contributed by atoms with Gasteiger partial charge in [-0.2, -0.15) is 5.10 Å². The molecule has 4 heteroatoms. The van der Waals surface area contributed by atoms with Gasteiger partial charge in [-0.25, -0.2) is 5.43 Å². The second kappa shape index (κ2) is 5.85. The molecule has 0 atom stereocenters. The van der Waals surface area contributed by atoms with Crippen molar-refractivity contribution in [3.05, 3.63) is 30.1 Å². The number of rotatable bonds is 4. The number of hydrogen-bond acceptors (Lipinski definition) is 3. The summed E-state index contributed by atoms with van der Waals surface area (Å²) >= 11 is 0. The molecule has 0 fully saturated rings. The molecule has 0 bridgehead atoms. The summed E-state index contributed by atoms with van der Waals surface area (Å²) in [5.74, 6) is -0.209. The molecule has 1 heterocycles. The van der Waals surface area contributed by atoms with Crippen LogP contribution in [0.5, 0.6) is 0 Å². The molecule has 1 aromatic heterocycles. The highest BCUT2D eigenvalue weighted by molar-refractivity contribution is 5.94. The third-order valence-corrected chi connectivity index (χ3v) is 1.62. The fourth-order valence-corrected chi connectivity index (χ4v) is 0.866. The first-order valence-corrected chi connectivity index (χ1v) is 4.56. The molecule has 1 N–H and O–H groups in total. The van der Waals surface area contributed by atoms with Crippen molar-refractivity contribution in [2.75, 3.05) is 0 Å². The lowest BCUT2D eigenvalue weighted by Crippen LogP contribution is -2.17. The van der Waals surface area contributed by atoms with Crippen molar-refractivity contribution in [2.24, 2.45) is 5.10 Å². The van der Waals surface area contributed by atoms with E-state index in [2.05, 4.69) is 22.4 Å². The van der Waals surface area contributed by atoms with E-state index in [1.807, 2.05) is 0 Å². The molecule has 1 aromatic rings. The van der Waals surface area contributed by atoms with Crippen LogP contribution >= 0.6 is 0 Å². The van der Waals surface area contributed by atoms with Crippen LogP contribution in [0.2, 0.25) is 0 Å². The molecule has 0 aliphatic heterocycles. The third kappa shape index (κ3) is 3.35. The molecule has 0 saturated heterocycles. The molecule has 14 heavy (non-hydrogen) atoms. The largest absolute Gasteiger partial charge is 0.271 e. The number of nitrogens with one attached hydrogen (secondary N) is 1. The fraction of sp³-hybridized carbons (Fsp3) is 0.300. The van der Waals surface area contributed by atoms with Gasteiger partial charge in [-0.05, 0) is 18.6 Å². The van der Waals surface area contributed by atoms with E-state index in [4.69, 9.17) is 0 Å². The molecule has 0 spiro atoms. The van der Waals surface area contributed by atoms with Gasteiger partial charge >= 0.3 is 0 Å². The summed E-state index contributed by atoms with van der Waals surface area (Å²) in [6, 6.07) is 3.29. The number of carbonyl (C=O) groups excluding carboxylic acids is 1. The van der Waals surface area contributed by atoms with Crippen LogP contribution in [0.25, 0.3) is 0 Å². The lowest BCUT2D eigenvalue weighted by atomic mass is 10.3. The average Bonchev–Trinajstić information content (AvgIpc) is 2.25. The van der Waals surface area contributed by atoms with Gasteiger partial charge in [0.1, 0.15) is 0 Å². The van der Waals surface area contributed by atoms with Crippen molar-refractivity contribution >= 4 is 12.1 Å². The van der Waals surface area contributed by atoms with E-state index in [0.717, 1.165) is 12.8 Å². The molecule has 0 radical (unpaired) electrons. The van der Waals surface area contributed by atoms with Gasteiger partial charge in [-0.15, -0.1) is 0 Å². The van der Waals surface area contributed by atoms with Crippen LogP contribution in [-0.2, 0) is 0 Å². The van der Waals surface area contributed by atoms with Crippen molar-refractivity contribution in [3.63, 3.8) is 0 Å². The summed E-state index contributed by atoms with van der Waals surface area (Å²) in [4.78, 5) is 15.2. The summed E-state index contributed by atoms with van der Waals surface area (Å²) in [7, 11) is 0. The van der Waals surface area contributed by atoms with Gasteiger partial charge in [0.05, 0.1) is 0 Å². The van der Waals surface area contributed by atoms with E-state index < -0.39 is 0 Å². The van der Waals surface area contributed by atoms with Crippen LogP contribution in [0, 0.1) is 0 Å². The minimum absolute atomic E-state index is 0.209. The van der Waals surface area contributed by atoms with Crippen molar-refractivity contribution in [1.82, 2.24) is 10.4 Å². The number of aromatic nitrogens is 1. The fourth-order valence-electron chi connectivity index (χ4n) is 0.866. The topological polar surface area (TPSA) is 54.4 Å². The van der Waals surface area contributed by atoms with Gasteiger partial charge in [-0.3, -0.25) is 9.78 Å². The predicted molar refractivity (Wildman–Crippen MR) is 55.1 cm³/mol. The summed E-state index contributed by atoms with van der Waals surface area (Å²) in [5.41, 5.74) is 3.00. The molecule has 4 nitrogen and oxygen atoms in total. The Morgan fingerprint density at radius 3 is 2.93 bits per heavy atom. The molecule has 0 aliphatic carbocycles. The second-order valence-electron chi connectivity index (χ2n) is 2.78. The number of unbranched alkanes of at least 4 members (excludes halogenated alkanes) is 1. The van der Waals surface area contributed by atoms with Crippen LogP contribution in [0.15, 0.2) is 29.6 Å². The Kier molecular flexibility index (Phi) is 4.34. The lowest BCUT2D eigenvalue weighted by molar-refractivity contribution is 0.0955. The first-order valence-electron chi connectivity index (χ1n) is 4.56. The van der Waals surface area contributed by atoms with Gasteiger partial charge in [0, 0.05) is 24.2 Å². The van der Waals surface area contributed by atoms with Crippen molar-refractivity contribution in [1.29, 1.82) is 0 Å². The van der Waals surface area contributed by atoms with Crippen LogP contribution in [0.1, 0.15) is 30.1 Å². The van der Waals surface area contributed by atoms with E-state index in [1.54, 1.807) is 30.7 Å². The van der Waals surface area contributed by atoms with Gasteiger partial charge < -0.3 is 0 Å². The van der Waals surface area contributed by atoms with E-state index in [0.29, 0.717) is 5.56 Å². The maximum absolute atomic E-state index is 11.4. The Bertz CT molecular complexity index is 308. The summed E-state index contributed by atoms with van der Waals surface area (Å²) < 4.78 is 0. The average molecular weight is 191 g/mol. The Morgan fingerprint density at radius 1 is 1.57 bits per heavy atom. The van der Waals surface area contributed by atoms with E-state index in [-0.39, 0.29) is 5.91 Å². The molecule has 0 unspecified atom stereocenters. The van der Waals surface area contributed by atoms with Gasteiger partial charge in [-0.1, -0.05) is 13.3 Å². The van der Waals surface area contributed by atoms with Gasteiger partial charge in [0.2, 0.25) is 0 Å². The molecule has 1 amide bonds. The number of pyridine rings is 1. The second-order valence-corrected chi connectivity index (χ2v) is 2.78. The highest BCUT2D eigenvalue weighted by atomic mass is 16.2. The lowest BCUT2D eigenvalue weighted by Gasteiger charge is -1.97. The maximum atomic E-state index is 11.4. The van der Waals surface area contributed by atoms with Crippen LogP contribution in [0.3, 0.4) is 0 Å². The van der Waals surface area contributed by atoms with Gasteiger partial charge in [0.25, 0.3) is 5.91 Å². The number of amides is 1. The van der Waals surface area contributed by atoms with Crippen LogP contribution in [0.4, 0.5) is 0 Å². The number of hydrogen-bond donors (Lipinski definition) is 1. The van der Waals surface area contributed by atoms with E-state index in [9.17, 15) is 4.79 Å². The highest BCUT2D eigenvalue weighted by Crippen LogP contribution is 1.94. The molecular weight excluding hydrogens is 178 g/mol. The van der Waals surface area contributed by atoms with Crippen LogP contribution in [-0.4, -0.2) is 17.1 Å². The molecule has 0 aliphatic rings. The number of nitrogens with zero attached hydrogens (tertiary/aromatic N) is 2. The Labute approximate surface area is 83.1 Å². The van der Waals surface area contributed by atoms with Crippen molar-refractivity contribution in [3.8, 4) is 0 Å². The maximum Gasteiger partial charge on any atom is 0.271 e. The minimum Gasteiger partial charge on any atom is -0.267 e. The predicted octanol–water partition coefficient (Wildman–Crippen LogP) is 1.60. The van der Waals surface area contributed by atoms with Crippen molar-refractivity contribution < 1.29 is 4.79 Å². The zero-order valence-corrected chi connectivity index (χ0v) is 8.10. The number of hydrazone groups is 1.